The number of nitrogens with zero attached hydrogens (tertiary/aromatic N) is 1. The van der Waals surface area contributed by atoms with E-state index in [4.69, 9.17) is 23.7 Å². The molecule has 10 heteroatoms. The van der Waals surface area contributed by atoms with Crippen LogP contribution in [0.4, 0.5) is 0 Å². The third kappa shape index (κ3) is 5.38. The molecule has 9 nitrogen and oxygen atoms in total. The standard InChI is InChI=1S/C28H35NO8S/c1-3-34-26(30)19-14-16-29(17-15-19)23-25(38(31,32)21-12-8-5-9-13-21)24-22(36-28(23)33-2)18-35-27(37-24)20-10-6-4-7-11-20/h4-13,19,22-25,27-28H,3,14-18H2,1-2H3/t22-,23+,24-,25-,27?,28+/m1/s1. The van der Waals surface area contributed by atoms with Crippen molar-refractivity contribution < 1.29 is 36.9 Å². The quantitative estimate of drug-likeness (QED) is 0.486. The van der Waals surface area contributed by atoms with Gasteiger partial charge in [-0.05, 0) is 45.0 Å². The van der Waals surface area contributed by atoms with Crippen LogP contribution in [0.3, 0.4) is 0 Å². The summed E-state index contributed by atoms with van der Waals surface area (Å²) in [6.07, 6.45) is -1.83. The number of piperidine rings is 1. The Morgan fingerprint density at radius 3 is 2.29 bits per heavy atom. The molecule has 0 bridgehead atoms. The van der Waals surface area contributed by atoms with E-state index in [2.05, 4.69) is 4.90 Å². The number of ether oxygens (including phenoxy) is 5. The summed E-state index contributed by atoms with van der Waals surface area (Å²) in [7, 11) is -2.37. The number of likely N-dealkylation sites (tertiary alicyclic amines) is 1. The Balaban J connectivity index is 1.50. The molecule has 1 unspecified atom stereocenters. The summed E-state index contributed by atoms with van der Waals surface area (Å²) < 4.78 is 58.3. The number of methoxy groups -OCH3 is 1. The molecule has 0 aromatic heterocycles. The Labute approximate surface area is 223 Å². The minimum atomic E-state index is -3.89. The van der Waals surface area contributed by atoms with Crippen LogP contribution >= 0.6 is 0 Å². The smallest absolute Gasteiger partial charge is 0.309 e. The molecular weight excluding hydrogens is 510 g/mol. The van der Waals surface area contributed by atoms with Crippen molar-refractivity contribution in [3.8, 4) is 0 Å². The highest BCUT2D eigenvalue weighted by molar-refractivity contribution is 7.92. The Bertz CT molecular complexity index is 1170. The molecule has 206 valence electrons. The predicted molar refractivity (Wildman–Crippen MR) is 138 cm³/mol. The minimum absolute atomic E-state index is 0.169. The lowest BCUT2D eigenvalue weighted by Crippen LogP contribution is -2.69. The average Bonchev–Trinajstić information content (AvgIpc) is 2.97. The molecule has 3 aliphatic heterocycles. The van der Waals surface area contributed by atoms with Gasteiger partial charge in [-0.3, -0.25) is 9.69 Å². The van der Waals surface area contributed by atoms with Gasteiger partial charge in [-0.2, -0.15) is 0 Å². The van der Waals surface area contributed by atoms with Crippen LogP contribution in [0.5, 0.6) is 0 Å². The van der Waals surface area contributed by atoms with Gasteiger partial charge in [-0.1, -0.05) is 48.5 Å². The van der Waals surface area contributed by atoms with E-state index in [0.717, 1.165) is 5.56 Å². The Kier molecular flexibility index (Phi) is 8.47. The van der Waals surface area contributed by atoms with Gasteiger partial charge in [0.05, 0.1) is 30.1 Å². The molecule has 6 atom stereocenters. The molecule has 3 saturated heterocycles. The van der Waals surface area contributed by atoms with Crippen molar-refractivity contribution in [3.63, 3.8) is 0 Å². The van der Waals surface area contributed by atoms with E-state index in [1.54, 1.807) is 37.3 Å². The molecule has 0 spiro atoms. The van der Waals surface area contributed by atoms with Gasteiger partial charge in [0.15, 0.2) is 22.4 Å². The molecule has 5 rings (SSSR count). The molecular formula is C28H35NO8S. The first-order chi connectivity index (χ1) is 18.4. The Morgan fingerprint density at radius 1 is 1.00 bits per heavy atom. The zero-order valence-electron chi connectivity index (χ0n) is 21.7. The third-order valence-corrected chi connectivity index (χ3v) is 9.81. The largest absolute Gasteiger partial charge is 0.466 e. The molecule has 3 fully saturated rings. The van der Waals surface area contributed by atoms with Gasteiger partial charge in [0, 0.05) is 12.7 Å². The summed E-state index contributed by atoms with van der Waals surface area (Å²) in [5.41, 5.74) is 0.808. The number of rotatable bonds is 7. The van der Waals surface area contributed by atoms with E-state index in [-0.39, 0.29) is 23.4 Å². The SMILES string of the molecule is CCOC(=O)C1CCN([C@@H]2[C@@H](OC)O[C@@H]3COC(c4ccccc4)O[C@H]3[C@@H]2S(=O)(=O)c2ccccc2)CC1. The maximum atomic E-state index is 14.3. The molecule has 2 aromatic carbocycles. The first-order valence-corrected chi connectivity index (χ1v) is 14.7. The average molecular weight is 546 g/mol. The second-order valence-corrected chi connectivity index (χ2v) is 11.9. The highest BCUT2D eigenvalue weighted by Crippen LogP contribution is 2.41. The van der Waals surface area contributed by atoms with E-state index in [1.165, 1.54) is 7.11 Å². The van der Waals surface area contributed by atoms with Crippen molar-refractivity contribution in [3.05, 3.63) is 66.2 Å². The van der Waals surface area contributed by atoms with E-state index >= 15 is 0 Å². The molecule has 0 saturated carbocycles. The zero-order valence-corrected chi connectivity index (χ0v) is 22.5. The number of hydrogen-bond acceptors (Lipinski definition) is 9. The fraction of sp³-hybridized carbons (Fsp3) is 0.536. The lowest BCUT2D eigenvalue weighted by Gasteiger charge is -2.52. The number of esters is 1. The van der Waals surface area contributed by atoms with Crippen LogP contribution in [0, 0.1) is 5.92 Å². The van der Waals surface area contributed by atoms with Crippen molar-refractivity contribution in [2.24, 2.45) is 5.92 Å². The molecule has 0 radical (unpaired) electrons. The number of benzene rings is 2. The summed E-state index contributed by atoms with van der Waals surface area (Å²) in [4.78, 5) is 14.6. The van der Waals surface area contributed by atoms with Gasteiger partial charge in [0.1, 0.15) is 17.5 Å². The van der Waals surface area contributed by atoms with Gasteiger partial charge in [0.25, 0.3) is 0 Å². The molecule has 2 aromatic rings. The van der Waals surface area contributed by atoms with Crippen molar-refractivity contribution in [1.82, 2.24) is 4.90 Å². The predicted octanol–water partition coefficient (Wildman–Crippen LogP) is 2.96. The van der Waals surface area contributed by atoms with Crippen LogP contribution in [-0.2, 0) is 38.3 Å². The maximum absolute atomic E-state index is 14.3. The van der Waals surface area contributed by atoms with E-state index in [0.29, 0.717) is 32.5 Å². The fourth-order valence-electron chi connectivity index (χ4n) is 5.74. The first-order valence-electron chi connectivity index (χ1n) is 13.1. The molecule has 3 heterocycles. The lowest BCUT2D eigenvalue weighted by molar-refractivity contribution is -0.325. The second kappa shape index (κ2) is 11.8. The third-order valence-electron chi connectivity index (χ3n) is 7.61. The van der Waals surface area contributed by atoms with Gasteiger partial charge >= 0.3 is 5.97 Å². The Morgan fingerprint density at radius 2 is 1.66 bits per heavy atom. The summed E-state index contributed by atoms with van der Waals surface area (Å²) in [5.74, 6) is -0.419. The van der Waals surface area contributed by atoms with E-state index < -0.39 is 45.9 Å². The van der Waals surface area contributed by atoms with E-state index in [1.807, 2.05) is 30.3 Å². The summed E-state index contributed by atoms with van der Waals surface area (Å²) in [5, 5.41) is -0.983. The fourth-order valence-corrected chi connectivity index (χ4v) is 7.85. The number of carbonyl (C=O) groups is 1. The topological polar surface area (TPSA) is 101 Å². The summed E-state index contributed by atoms with van der Waals surface area (Å²) in [6, 6.07) is 17.3. The number of carbonyl (C=O) groups excluding carboxylic acids is 1. The van der Waals surface area contributed by atoms with Gasteiger partial charge in [0.2, 0.25) is 0 Å². The van der Waals surface area contributed by atoms with Crippen LogP contribution in [0.15, 0.2) is 65.6 Å². The molecule has 3 aliphatic rings. The number of fused-ring (bicyclic) bond motifs is 1. The first kappa shape index (κ1) is 27.2. The monoisotopic (exact) mass is 545 g/mol. The van der Waals surface area contributed by atoms with Crippen LogP contribution < -0.4 is 0 Å². The summed E-state index contributed by atoms with van der Waals surface area (Å²) >= 11 is 0. The normalized spacial score (nSPS) is 30.9. The van der Waals surface area contributed by atoms with Crippen LogP contribution in [0.1, 0.15) is 31.6 Å². The van der Waals surface area contributed by atoms with Crippen molar-refractivity contribution in [2.75, 3.05) is 33.4 Å². The second-order valence-electron chi connectivity index (χ2n) is 9.83. The molecule has 0 aliphatic carbocycles. The number of hydrogen-bond donors (Lipinski definition) is 0. The lowest BCUT2D eigenvalue weighted by atomic mass is 9.92. The summed E-state index contributed by atoms with van der Waals surface area (Å²) in [6.45, 7) is 3.32. The highest BCUT2D eigenvalue weighted by Gasteiger charge is 2.57. The molecule has 0 N–H and O–H groups in total. The number of sulfone groups is 1. The van der Waals surface area contributed by atoms with E-state index in [9.17, 15) is 13.2 Å². The highest BCUT2D eigenvalue weighted by atomic mass is 32.2. The Hall–Kier alpha value is -2.34. The van der Waals surface area contributed by atoms with Crippen LogP contribution in [0.2, 0.25) is 0 Å². The van der Waals surface area contributed by atoms with Gasteiger partial charge in [-0.25, -0.2) is 8.42 Å². The van der Waals surface area contributed by atoms with Gasteiger partial charge in [-0.15, -0.1) is 0 Å². The maximum Gasteiger partial charge on any atom is 0.309 e. The van der Waals surface area contributed by atoms with Gasteiger partial charge < -0.3 is 23.7 Å². The van der Waals surface area contributed by atoms with Crippen molar-refractivity contribution >= 4 is 15.8 Å². The van der Waals surface area contributed by atoms with Crippen molar-refractivity contribution in [2.45, 2.75) is 60.7 Å². The minimum Gasteiger partial charge on any atom is -0.466 e. The van der Waals surface area contributed by atoms with Crippen LogP contribution in [-0.4, -0.2) is 82.5 Å². The molecule has 0 amide bonds. The molecule has 38 heavy (non-hydrogen) atoms. The zero-order chi connectivity index (χ0) is 26.7. The van der Waals surface area contributed by atoms with Crippen molar-refractivity contribution in [1.29, 1.82) is 0 Å². The van der Waals surface area contributed by atoms with Crippen LogP contribution in [0.25, 0.3) is 0 Å².